The average molecular weight is 466 g/mol. The van der Waals surface area contributed by atoms with Crippen LogP contribution >= 0.6 is 0 Å². The molecule has 1 aromatic carbocycles. The first-order chi connectivity index (χ1) is 17.1. The van der Waals surface area contributed by atoms with Crippen LogP contribution in [-0.4, -0.2) is 46.6 Å². The number of nitrogens with one attached hydrogen (secondary N) is 2. The number of aryl methyl sites for hydroxylation is 1. The summed E-state index contributed by atoms with van der Waals surface area (Å²) < 4.78 is 15.2. The van der Waals surface area contributed by atoms with Gasteiger partial charge in [0, 0.05) is 30.1 Å². The van der Waals surface area contributed by atoms with Gasteiger partial charge >= 0.3 is 0 Å². The quantitative estimate of drug-likeness (QED) is 0.350. The summed E-state index contributed by atoms with van der Waals surface area (Å²) in [6.45, 7) is 0.641. The molecule has 9 nitrogen and oxygen atoms in total. The highest BCUT2D eigenvalue weighted by Crippen LogP contribution is 2.42. The smallest absolute Gasteiger partial charge is 0.163 e. The van der Waals surface area contributed by atoms with Crippen LogP contribution in [0.5, 0.6) is 0 Å². The van der Waals surface area contributed by atoms with Gasteiger partial charge in [-0.1, -0.05) is 18.2 Å². The van der Waals surface area contributed by atoms with E-state index in [1.165, 1.54) is 17.8 Å². The Kier molecular flexibility index (Phi) is 4.09. The van der Waals surface area contributed by atoms with E-state index >= 15 is 0 Å². The Morgan fingerprint density at radius 1 is 1.09 bits per heavy atom. The molecule has 2 aliphatic rings. The predicted molar refractivity (Wildman–Crippen MR) is 129 cm³/mol. The first-order valence-corrected chi connectivity index (χ1v) is 11.1. The number of H-pyrrole nitrogens is 2. The van der Waals surface area contributed by atoms with Gasteiger partial charge in [0.2, 0.25) is 0 Å². The number of aromatic amines is 2. The van der Waals surface area contributed by atoms with Crippen molar-refractivity contribution in [2.24, 2.45) is 7.05 Å². The van der Waals surface area contributed by atoms with Gasteiger partial charge in [0.1, 0.15) is 11.3 Å². The molecule has 7 rings (SSSR count). The number of imidazole rings is 1. The van der Waals surface area contributed by atoms with Crippen molar-refractivity contribution < 1.29 is 9.50 Å². The number of fused-ring (bicyclic) bond motifs is 4. The van der Waals surface area contributed by atoms with Crippen molar-refractivity contribution in [3.05, 3.63) is 83.2 Å². The Bertz CT molecular complexity index is 1690. The van der Waals surface area contributed by atoms with E-state index in [4.69, 9.17) is 9.97 Å². The van der Waals surface area contributed by atoms with Gasteiger partial charge in [0.05, 0.1) is 35.8 Å². The molecule has 1 fully saturated rings. The second kappa shape index (κ2) is 7.21. The second-order valence-electron chi connectivity index (χ2n) is 8.60. The van der Waals surface area contributed by atoms with E-state index in [-0.39, 0.29) is 12.4 Å². The molecular weight excluding hydrogens is 447 g/mol. The molecule has 0 aliphatic carbocycles. The van der Waals surface area contributed by atoms with Crippen LogP contribution in [0.25, 0.3) is 39.4 Å². The van der Waals surface area contributed by atoms with Crippen LogP contribution in [0, 0.1) is 5.82 Å². The number of aliphatic hydroxyl groups is 1. The molecule has 0 spiro atoms. The third kappa shape index (κ3) is 3.11. The van der Waals surface area contributed by atoms with Gasteiger partial charge in [-0.05, 0) is 35.9 Å². The van der Waals surface area contributed by atoms with Crippen LogP contribution in [0.2, 0.25) is 0 Å². The molecule has 0 saturated carbocycles. The van der Waals surface area contributed by atoms with Crippen molar-refractivity contribution in [2.75, 3.05) is 11.4 Å². The molecule has 0 bridgehead atoms. The van der Waals surface area contributed by atoms with Gasteiger partial charge in [0.15, 0.2) is 17.3 Å². The van der Waals surface area contributed by atoms with Crippen molar-refractivity contribution in [1.29, 1.82) is 0 Å². The largest absolute Gasteiger partial charge is 0.390 e. The summed E-state index contributed by atoms with van der Waals surface area (Å²) in [4.78, 5) is 15.3. The second-order valence-corrected chi connectivity index (χ2v) is 8.60. The number of pyridine rings is 1. The normalized spacial score (nSPS) is 14.4. The Balaban J connectivity index is 1.36. The zero-order valence-electron chi connectivity index (χ0n) is 18.6. The summed E-state index contributed by atoms with van der Waals surface area (Å²) in [6, 6.07) is 10.2. The minimum atomic E-state index is -0.277. The van der Waals surface area contributed by atoms with Crippen molar-refractivity contribution >= 4 is 22.4 Å². The van der Waals surface area contributed by atoms with E-state index in [1.54, 1.807) is 16.8 Å². The van der Waals surface area contributed by atoms with E-state index in [1.807, 2.05) is 31.5 Å². The fourth-order valence-corrected chi connectivity index (χ4v) is 4.55. The molecule has 0 unspecified atom stereocenters. The maximum absolute atomic E-state index is 13.5. The molecule has 6 heterocycles. The molecule has 4 aromatic heterocycles. The Morgan fingerprint density at radius 3 is 2.77 bits per heavy atom. The molecule has 0 radical (unpaired) electrons. The standard InChI is InChI=1S/C25H19FN8O/c1-33-11-17(20(12-35)32-33)18-8-9-19-22(27-18)23(31-30-19)24-28-21-16(13-2-4-14(26)5-3-13)7-6-15-10-34(15)25(21)29-24/h2-9,11,35H,10,12H2,1H3,(H,28,29)(H,30,31). The Labute approximate surface area is 198 Å². The number of hydrogen-bond acceptors (Lipinski definition) is 6. The van der Waals surface area contributed by atoms with E-state index in [2.05, 4.69) is 31.3 Å². The predicted octanol–water partition coefficient (Wildman–Crippen LogP) is 3.53. The lowest BCUT2D eigenvalue weighted by Gasteiger charge is -2.07. The topological polar surface area (TPSA) is 111 Å². The van der Waals surface area contributed by atoms with Crippen molar-refractivity contribution in [1.82, 2.24) is 34.9 Å². The Morgan fingerprint density at radius 2 is 1.94 bits per heavy atom. The number of aliphatic hydroxyl groups excluding tert-OH is 1. The molecule has 2 aliphatic heterocycles. The molecule has 0 amide bonds. The van der Waals surface area contributed by atoms with Crippen LogP contribution in [0.4, 0.5) is 10.2 Å². The maximum atomic E-state index is 13.5. The van der Waals surface area contributed by atoms with E-state index in [0.717, 1.165) is 40.3 Å². The van der Waals surface area contributed by atoms with Crippen molar-refractivity contribution in [2.45, 2.75) is 6.61 Å². The van der Waals surface area contributed by atoms with Gasteiger partial charge < -0.3 is 15.0 Å². The molecule has 172 valence electrons. The summed E-state index contributed by atoms with van der Waals surface area (Å²) in [7, 11) is 1.81. The number of aromatic nitrogens is 7. The summed E-state index contributed by atoms with van der Waals surface area (Å²) in [6.07, 6.45) is 5.94. The number of anilines is 1. The lowest BCUT2D eigenvalue weighted by molar-refractivity contribution is 0.276. The first-order valence-electron chi connectivity index (χ1n) is 11.1. The minimum absolute atomic E-state index is 0.177. The number of nitrogens with zero attached hydrogens (tertiary/aromatic N) is 6. The maximum Gasteiger partial charge on any atom is 0.163 e. The number of halogens is 1. The third-order valence-corrected chi connectivity index (χ3v) is 6.33. The molecule has 1 saturated heterocycles. The first kappa shape index (κ1) is 19.9. The summed E-state index contributed by atoms with van der Waals surface area (Å²) in [5.74, 6) is 1.11. The molecule has 3 N–H and O–H groups in total. The van der Waals surface area contributed by atoms with Gasteiger partial charge in [-0.25, -0.2) is 14.4 Å². The van der Waals surface area contributed by atoms with Crippen molar-refractivity contribution in [3.8, 4) is 22.8 Å². The van der Waals surface area contributed by atoms with Gasteiger partial charge in [-0.15, -0.1) is 0 Å². The number of rotatable bonds is 4. The van der Waals surface area contributed by atoms with Crippen LogP contribution in [0.1, 0.15) is 17.0 Å². The monoisotopic (exact) mass is 466 g/mol. The number of benzene rings is 1. The highest BCUT2D eigenvalue weighted by Gasteiger charge is 2.35. The van der Waals surface area contributed by atoms with Crippen molar-refractivity contribution in [3.63, 3.8) is 0 Å². The zero-order valence-corrected chi connectivity index (χ0v) is 18.6. The fourth-order valence-electron chi connectivity index (χ4n) is 4.55. The molecule has 5 aromatic rings. The van der Waals surface area contributed by atoms with Gasteiger partial charge in [0.25, 0.3) is 0 Å². The third-order valence-electron chi connectivity index (χ3n) is 6.33. The fraction of sp³-hybridized carbons (Fsp3) is 0.120. The highest BCUT2D eigenvalue weighted by atomic mass is 19.1. The van der Waals surface area contributed by atoms with Crippen LogP contribution in [0.15, 0.2) is 60.4 Å². The van der Waals surface area contributed by atoms with Crippen LogP contribution in [-0.2, 0) is 13.7 Å². The molecular formula is C25H19FN8O. The van der Waals surface area contributed by atoms with Crippen LogP contribution in [0.3, 0.4) is 0 Å². The number of allylic oxidation sites excluding steroid dienone is 2. The summed E-state index contributed by atoms with van der Waals surface area (Å²) in [5.41, 5.74) is 7.86. The average Bonchev–Trinajstić information content (AvgIpc) is 3.16. The Hall–Kier alpha value is -4.57. The van der Waals surface area contributed by atoms with E-state index < -0.39 is 0 Å². The lowest BCUT2D eigenvalue weighted by Crippen LogP contribution is -1.96. The van der Waals surface area contributed by atoms with E-state index in [0.29, 0.717) is 28.4 Å². The summed E-state index contributed by atoms with van der Waals surface area (Å²) >= 11 is 0. The number of hydrogen-bond donors (Lipinski definition) is 3. The highest BCUT2D eigenvalue weighted by molar-refractivity contribution is 5.93. The molecule has 0 atom stereocenters. The minimum Gasteiger partial charge on any atom is -0.390 e. The lowest BCUT2D eigenvalue weighted by atomic mass is 10.0. The SMILES string of the molecule is Cn1cc(-c2ccc3[nH]nc(-c4nc5c([nH]4)C(c4ccc(F)cc4)=CC=C4CN45)c3n2)c(CO)n1. The van der Waals surface area contributed by atoms with Crippen LogP contribution < -0.4 is 4.90 Å². The van der Waals surface area contributed by atoms with Gasteiger partial charge in [-0.3, -0.25) is 9.78 Å². The van der Waals surface area contributed by atoms with Gasteiger partial charge in [-0.2, -0.15) is 10.2 Å². The van der Waals surface area contributed by atoms with E-state index in [9.17, 15) is 9.50 Å². The summed E-state index contributed by atoms with van der Waals surface area (Å²) in [5, 5.41) is 21.6. The molecule has 10 heteroatoms. The zero-order chi connectivity index (χ0) is 23.7. The molecule has 35 heavy (non-hydrogen) atoms.